The van der Waals surface area contributed by atoms with Crippen molar-refractivity contribution < 1.29 is 9.53 Å². The number of ether oxygens (including phenoxy) is 1. The first kappa shape index (κ1) is 16.8. The molecule has 2 unspecified atom stereocenters. The first-order valence-electron chi connectivity index (χ1n) is 8.59. The molecule has 4 heteroatoms. The van der Waals surface area contributed by atoms with Crippen molar-refractivity contribution in [3.8, 4) is 0 Å². The number of carbonyl (C=O) groups is 1. The Morgan fingerprint density at radius 2 is 2.05 bits per heavy atom. The predicted molar refractivity (Wildman–Crippen MR) is 85.0 cm³/mol. The number of nitrogens with zero attached hydrogens (tertiary/aromatic N) is 1. The van der Waals surface area contributed by atoms with E-state index in [-0.39, 0.29) is 11.9 Å². The van der Waals surface area contributed by atoms with Crippen molar-refractivity contribution in [2.45, 2.75) is 64.3 Å². The average Bonchev–Trinajstić information content (AvgIpc) is 3.09. The summed E-state index contributed by atoms with van der Waals surface area (Å²) in [6, 6.07) is 0. The second-order valence-corrected chi connectivity index (χ2v) is 7.14. The maximum Gasteiger partial charge on any atom is 0.326 e. The molecule has 1 heterocycles. The Balaban J connectivity index is 1.87. The van der Waals surface area contributed by atoms with Crippen LogP contribution in [0.1, 0.15) is 58.8 Å². The molecule has 2 atom stereocenters. The number of esters is 1. The van der Waals surface area contributed by atoms with Crippen LogP contribution in [-0.4, -0.2) is 43.2 Å². The van der Waals surface area contributed by atoms with Crippen molar-refractivity contribution in [3.63, 3.8) is 0 Å². The minimum Gasteiger partial charge on any atom is -0.468 e. The Bertz CT molecular complexity index is 368. The van der Waals surface area contributed by atoms with Gasteiger partial charge in [0, 0.05) is 6.54 Å². The molecule has 0 aromatic heterocycles. The van der Waals surface area contributed by atoms with Gasteiger partial charge < -0.3 is 15.4 Å². The highest BCUT2D eigenvalue weighted by molar-refractivity contribution is 5.81. The van der Waals surface area contributed by atoms with Gasteiger partial charge in [0.05, 0.1) is 7.11 Å². The Morgan fingerprint density at radius 1 is 1.33 bits per heavy atom. The molecule has 1 saturated heterocycles. The van der Waals surface area contributed by atoms with Crippen molar-refractivity contribution in [1.29, 1.82) is 0 Å². The van der Waals surface area contributed by atoms with E-state index in [9.17, 15) is 4.79 Å². The summed E-state index contributed by atoms with van der Waals surface area (Å²) < 4.78 is 4.93. The van der Waals surface area contributed by atoms with E-state index in [2.05, 4.69) is 18.7 Å². The highest BCUT2D eigenvalue weighted by atomic mass is 16.5. The zero-order chi connectivity index (χ0) is 15.5. The van der Waals surface area contributed by atoms with Crippen LogP contribution in [0, 0.1) is 11.3 Å². The topological polar surface area (TPSA) is 55.6 Å². The Kier molecular flexibility index (Phi) is 5.31. The highest BCUT2D eigenvalue weighted by Gasteiger charge is 2.46. The molecular weight excluding hydrogens is 264 g/mol. The molecule has 2 aliphatic rings. The molecule has 2 N–H and O–H groups in total. The summed E-state index contributed by atoms with van der Waals surface area (Å²) in [4.78, 5) is 14.5. The molecule has 21 heavy (non-hydrogen) atoms. The molecule has 122 valence electrons. The minimum absolute atomic E-state index is 0.220. The SMILES string of the molecule is CCC1(CC)CCN(CCC2CCCC2(N)C(=O)OC)C1. The van der Waals surface area contributed by atoms with Gasteiger partial charge in [-0.15, -0.1) is 0 Å². The molecule has 1 aliphatic carbocycles. The molecule has 0 spiro atoms. The van der Waals surface area contributed by atoms with Gasteiger partial charge in [0.2, 0.25) is 0 Å². The lowest BCUT2D eigenvalue weighted by atomic mass is 9.82. The second kappa shape index (κ2) is 6.66. The van der Waals surface area contributed by atoms with Gasteiger partial charge in [-0.1, -0.05) is 20.3 Å². The first-order valence-corrected chi connectivity index (χ1v) is 8.59. The maximum atomic E-state index is 12.0. The van der Waals surface area contributed by atoms with Crippen LogP contribution >= 0.6 is 0 Å². The van der Waals surface area contributed by atoms with Gasteiger partial charge in [0.15, 0.2) is 0 Å². The zero-order valence-corrected chi connectivity index (χ0v) is 14.0. The summed E-state index contributed by atoms with van der Waals surface area (Å²) in [7, 11) is 1.45. The van der Waals surface area contributed by atoms with E-state index in [4.69, 9.17) is 10.5 Å². The number of carbonyl (C=O) groups excluding carboxylic acids is 1. The van der Waals surface area contributed by atoms with Crippen LogP contribution in [0.2, 0.25) is 0 Å². The normalized spacial score (nSPS) is 32.5. The third-order valence-electron chi connectivity index (χ3n) is 6.25. The van der Waals surface area contributed by atoms with Crippen molar-refractivity contribution in [2.75, 3.05) is 26.7 Å². The van der Waals surface area contributed by atoms with E-state index in [0.29, 0.717) is 5.41 Å². The molecule has 1 aliphatic heterocycles. The maximum absolute atomic E-state index is 12.0. The summed E-state index contributed by atoms with van der Waals surface area (Å²) in [5.41, 5.74) is 6.15. The molecule has 0 aromatic carbocycles. The van der Waals surface area contributed by atoms with Gasteiger partial charge in [0.25, 0.3) is 0 Å². The highest BCUT2D eigenvalue weighted by Crippen LogP contribution is 2.39. The monoisotopic (exact) mass is 296 g/mol. The lowest BCUT2D eigenvalue weighted by Gasteiger charge is -2.30. The molecule has 0 aromatic rings. The summed E-state index contributed by atoms with van der Waals surface area (Å²) >= 11 is 0. The number of methoxy groups -OCH3 is 1. The van der Waals surface area contributed by atoms with E-state index < -0.39 is 5.54 Å². The summed E-state index contributed by atoms with van der Waals surface area (Å²) in [5, 5.41) is 0. The van der Waals surface area contributed by atoms with Crippen LogP contribution in [0.4, 0.5) is 0 Å². The number of likely N-dealkylation sites (tertiary alicyclic amines) is 1. The Labute approximate surface area is 129 Å². The third kappa shape index (κ3) is 3.26. The molecule has 0 amide bonds. The number of nitrogens with two attached hydrogens (primary N) is 1. The molecule has 1 saturated carbocycles. The van der Waals surface area contributed by atoms with Gasteiger partial charge in [-0.3, -0.25) is 4.79 Å². The largest absolute Gasteiger partial charge is 0.468 e. The number of hydrogen-bond donors (Lipinski definition) is 1. The average molecular weight is 296 g/mol. The third-order valence-corrected chi connectivity index (χ3v) is 6.25. The van der Waals surface area contributed by atoms with E-state index in [0.717, 1.165) is 32.2 Å². The van der Waals surface area contributed by atoms with Crippen molar-refractivity contribution in [3.05, 3.63) is 0 Å². The number of rotatable bonds is 6. The predicted octanol–water partition coefficient (Wildman–Crippen LogP) is 2.56. The van der Waals surface area contributed by atoms with Crippen LogP contribution in [0.25, 0.3) is 0 Å². The van der Waals surface area contributed by atoms with Gasteiger partial charge in [0.1, 0.15) is 5.54 Å². The summed E-state index contributed by atoms with van der Waals surface area (Å²) in [5.74, 6) is 0.0612. The summed E-state index contributed by atoms with van der Waals surface area (Å²) in [6.07, 6.45) is 7.76. The molecule has 4 nitrogen and oxygen atoms in total. The molecule has 0 bridgehead atoms. The minimum atomic E-state index is -0.735. The fourth-order valence-electron chi connectivity index (χ4n) is 4.35. The van der Waals surface area contributed by atoms with Crippen LogP contribution in [-0.2, 0) is 9.53 Å². The van der Waals surface area contributed by atoms with Crippen LogP contribution in [0.15, 0.2) is 0 Å². The van der Waals surface area contributed by atoms with Crippen LogP contribution in [0.3, 0.4) is 0 Å². The smallest absolute Gasteiger partial charge is 0.326 e. The van der Waals surface area contributed by atoms with Crippen LogP contribution < -0.4 is 5.73 Å². The van der Waals surface area contributed by atoms with E-state index >= 15 is 0 Å². The molecule has 2 rings (SSSR count). The molecular formula is C17H32N2O2. The molecule has 0 radical (unpaired) electrons. The second-order valence-electron chi connectivity index (χ2n) is 7.14. The number of hydrogen-bond acceptors (Lipinski definition) is 4. The first-order chi connectivity index (χ1) is 9.99. The quantitative estimate of drug-likeness (QED) is 0.765. The standard InChI is InChI=1S/C17H32N2O2/c1-4-16(5-2)10-12-19(13-16)11-8-14-7-6-9-17(14,18)15(20)21-3/h14H,4-13,18H2,1-3H3. The lowest BCUT2D eigenvalue weighted by Crippen LogP contribution is -2.52. The Morgan fingerprint density at radius 3 is 2.62 bits per heavy atom. The fourth-order valence-corrected chi connectivity index (χ4v) is 4.35. The van der Waals surface area contributed by atoms with Crippen molar-refractivity contribution in [1.82, 2.24) is 4.90 Å². The molecule has 2 fully saturated rings. The fraction of sp³-hybridized carbons (Fsp3) is 0.941. The van der Waals surface area contributed by atoms with Gasteiger partial charge in [-0.25, -0.2) is 0 Å². The van der Waals surface area contributed by atoms with Gasteiger partial charge in [-0.2, -0.15) is 0 Å². The van der Waals surface area contributed by atoms with E-state index in [1.807, 2.05) is 0 Å². The van der Waals surface area contributed by atoms with Crippen molar-refractivity contribution in [2.24, 2.45) is 17.1 Å². The Hall–Kier alpha value is -0.610. The van der Waals surface area contributed by atoms with E-state index in [1.54, 1.807) is 0 Å². The van der Waals surface area contributed by atoms with Gasteiger partial charge >= 0.3 is 5.97 Å². The lowest BCUT2D eigenvalue weighted by molar-refractivity contribution is -0.148. The van der Waals surface area contributed by atoms with Gasteiger partial charge in [-0.05, 0) is 62.9 Å². The van der Waals surface area contributed by atoms with E-state index in [1.165, 1.54) is 39.5 Å². The summed E-state index contributed by atoms with van der Waals surface area (Å²) in [6.45, 7) is 8.10. The van der Waals surface area contributed by atoms with Crippen LogP contribution in [0.5, 0.6) is 0 Å². The van der Waals surface area contributed by atoms with Crippen molar-refractivity contribution >= 4 is 5.97 Å². The zero-order valence-electron chi connectivity index (χ0n) is 14.0.